The lowest BCUT2D eigenvalue weighted by Gasteiger charge is -2.10. The van der Waals surface area contributed by atoms with E-state index in [0.29, 0.717) is 0 Å². The van der Waals surface area contributed by atoms with E-state index < -0.39 is 0 Å². The molecule has 0 atom stereocenters. The van der Waals surface area contributed by atoms with Crippen LogP contribution in [0, 0.1) is 27.7 Å². The zero-order chi connectivity index (χ0) is 19.1. The Morgan fingerprint density at radius 2 is 1.59 bits per heavy atom. The van der Waals surface area contributed by atoms with Crippen molar-refractivity contribution in [3.63, 3.8) is 0 Å². The van der Waals surface area contributed by atoms with Crippen LogP contribution in [0.4, 0.5) is 0 Å². The van der Waals surface area contributed by atoms with Crippen LogP contribution in [0.5, 0.6) is 0 Å². The lowest BCUT2D eigenvalue weighted by atomic mass is 9.96. The molecule has 2 aromatic heterocycles. The molecule has 0 aliphatic heterocycles. The number of benzene rings is 2. The van der Waals surface area contributed by atoms with Crippen molar-refractivity contribution in [3.8, 4) is 22.5 Å². The fraction of sp³-hybridized carbons (Fsp3) is 0.200. The largest absolute Gasteiger partial charge is 0.256 e. The average molecular weight is 353 g/mol. The summed E-state index contributed by atoms with van der Waals surface area (Å²) in [6.07, 6.45) is 4.14. The van der Waals surface area contributed by atoms with Crippen molar-refractivity contribution in [3.05, 3.63) is 83.2 Å². The monoisotopic (exact) mass is 353 g/mol. The zero-order valence-corrected chi connectivity index (χ0v) is 16.7. The second kappa shape index (κ2) is 6.62. The number of nitrogens with zero attached hydrogens (tertiary/aromatic N) is 2. The third kappa shape index (κ3) is 3.23. The van der Waals surface area contributed by atoms with Crippen LogP contribution in [0.15, 0.2) is 60.9 Å². The van der Waals surface area contributed by atoms with Crippen LogP contribution in [-0.4, -0.2) is 4.98 Å². The van der Waals surface area contributed by atoms with Gasteiger partial charge in [-0.1, -0.05) is 29.8 Å². The van der Waals surface area contributed by atoms with Crippen molar-refractivity contribution >= 4 is 10.8 Å². The van der Waals surface area contributed by atoms with Gasteiger partial charge in [0.15, 0.2) is 6.20 Å². The molecule has 0 aliphatic carbocycles. The first-order valence-electron chi connectivity index (χ1n) is 9.37. The average Bonchev–Trinajstić information content (AvgIpc) is 2.64. The molecule has 134 valence electrons. The predicted molar refractivity (Wildman–Crippen MR) is 113 cm³/mol. The summed E-state index contributed by atoms with van der Waals surface area (Å²) in [5.74, 6) is 0. The van der Waals surface area contributed by atoms with E-state index in [0.717, 1.165) is 11.3 Å². The highest BCUT2D eigenvalue weighted by atomic mass is 14.9. The number of pyridine rings is 2. The van der Waals surface area contributed by atoms with Gasteiger partial charge in [-0.25, -0.2) is 4.57 Å². The summed E-state index contributed by atoms with van der Waals surface area (Å²) in [7, 11) is 2.13. The summed E-state index contributed by atoms with van der Waals surface area (Å²) < 4.78 is 2.23. The van der Waals surface area contributed by atoms with E-state index in [1.165, 1.54) is 44.3 Å². The van der Waals surface area contributed by atoms with Gasteiger partial charge in [-0.15, -0.1) is 0 Å². The van der Waals surface area contributed by atoms with Crippen molar-refractivity contribution in [2.45, 2.75) is 27.7 Å². The minimum absolute atomic E-state index is 1.01. The molecule has 0 unspecified atom stereocenters. The summed E-state index contributed by atoms with van der Waals surface area (Å²) in [5, 5.41) is 2.47. The van der Waals surface area contributed by atoms with Crippen LogP contribution in [0.3, 0.4) is 0 Å². The summed E-state index contributed by atoms with van der Waals surface area (Å²) in [6.45, 7) is 8.62. The van der Waals surface area contributed by atoms with Crippen molar-refractivity contribution in [2.75, 3.05) is 0 Å². The predicted octanol–water partition coefficient (Wildman–Crippen LogP) is 5.63. The molecular weight excluding hydrogens is 328 g/mol. The van der Waals surface area contributed by atoms with Gasteiger partial charge >= 0.3 is 0 Å². The molecule has 0 spiro atoms. The first kappa shape index (κ1) is 17.4. The van der Waals surface area contributed by atoms with Gasteiger partial charge in [-0.05, 0) is 68.0 Å². The topological polar surface area (TPSA) is 16.8 Å². The van der Waals surface area contributed by atoms with E-state index in [2.05, 4.69) is 99.0 Å². The molecule has 2 heterocycles. The number of aryl methyl sites for hydroxylation is 4. The maximum Gasteiger partial charge on any atom is 0.213 e. The number of rotatable bonds is 2. The third-order valence-corrected chi connectivity index (χ3v) is 5.39. The molecule has 0 N–H and O–H groups in total. The van der Waals surface area contributed by atoms with Gasteiger partial charge in [0.05, 0.1) is 5.69 Å². The first-order valence-corrected chi connectivity index (χ1v) is 9.37. The van der Waals surface area contributed by atoms with Gasteiger partial charge in [-0.2, -0.15) is 0 Å². The highest BCUT2D eigenvalue weighted by Gasteiger charge is 2.16. The van der Waals surface area contributed by atoms with Crippen molar-refractivity contribution in [2.24, 2.45) is 7.05 Å². The van der Waals surface area contributed by atoms with Crippen LogP contribution in [0.1, 0.15) is 22.3 Å². The summed E-state index contributed by atoms with van der Waals surface area (Å²) >= 11 is 0. The van der Waals surface area contributed by atoms with E-state index in [1.54, 1.807) is 0 Å². The molecule has 27 heavy (non-hydrogen) atoms. The maximum atomic E-state index is 4.57. The van der Waals surface area contributed by atoms with E-state index in [-0.39, 0.29) is 0 Å². The molecule has 2 heteroatoms. The van der Waals surface area contributed by atoms with E-state index in [4.69, 9.17) is 0 Å². The molecule has 0 aliphatic rings. The highest BCUT2D eigenvalue weighted by Crippen LogP contribution is 2.28. The number of fused-ring (bicyclic) bond motifs is 1. The molecule has 0 saturated heterocycles. The molecule has 0 amide bonds. The number of aromatic nitrogens is 2. The van der Waals surface area contributed by atoms with Crippen LogP contribution < -0.4 is 4.57 Å². The molecule has 2 nitrogen and oxygen atoms in total. The lowest BCUT2D eigenvalue weighted by molar-refractivity contribution is -0.659. The summed E-state index contributed by atoms with van der Waals surface area (Å²) in [6, 6.07) is 17.6. The van der Waals surface area contributed by atoms with Crippen LogP contribution in [0.2, 0.25) is 0 Å². The van der Waals surface area contributed by atoms with Crippen LogP contribution >= 0.6 is 0 Å². The van der Waals surface area contributed by atoms with Crippen LogP contribution in [0.25, 0.3) is 33.3 Å². The Bertz CT molecular complexity index is 1160. The summed E-state index contributed by atoms with van der Waals surface area (Å²) in [5.41, 5.74) is 9.88. The minimum Gasteiger partial charge on any atom is -0.256 e. The second-order valence-corrected chi connectivity index (χ2v) is 7.59. The molecule has 0 saturated carbocycles. The second-order valence-electron chi connectivity index (χ2n) is 7.59. The Morgan fingerprint density at radius 1 is 0.778 bits per heavy atom. The number of hydrogen-bond donors (Lipinski definition) is 0. The lowest BCUT2D eigenvalue weighted by Crippen LogP contribution is -2.30. The Labute approximate surface area is 161 Å². The highest BCUT2D eigenvalue weighted by molar-refractivity contribution is 5.88. The first-order chi connectivity index (χ1) is 12.9. The molecule has 4 aromatic rings. The molecule has 2 aromatic carbocycles. The number of hydrogen-bond acceptors (Lipinski definition) is 1. The quantitative estimate of drug-likeness (QED) is 0.427. The molecule has 0 radical (unpaired) electrons. The van der Waals surface area contributed by atoms with Gasteiger partial charge in [0.25, 0.3) is 0 Å². The van der Waals surface area contributed by atoms with Gasteiger partial charge in [-0.3, -0.25) is 4.98 Å². The summed E-state index contributed by atoms with van der Waals surface area (Å²) in [4.78, 5) is 4.57. The van der Waals surface area contributed by atoms with Crippen molar-refractivity contribution in [1.29, 1.82) is 0 Å². The van der Waals surface area contributed by atoms with Gasteiger partial charge in [0, 0.05) is 28.8 Å². The molecule has 4 rings (SSSR count). The zero-order valence-electron chi connectivity index (χ0n) is 16.7. The van der Waals surface area contributed by atoms with Crippen LogP contribution in [-0.2, 0) is 7.05 Å². The normalized spacial score (nSPS) is 11.1. The minimum atomic E-state index is 1.01. The Hall–Kier alpha value is -3.00. The maximum absolute atomic E-state index is 4.57. The van der Waals surface area contributed by atoms with Gasteiger partial charge in [0.1, 0.15) is 7.05 Å². The molecule has 0 bridgehead atoms. The van der Waals surface area contributed by atoms with Crippen molar-refractivity contribution in [1.82, 2.24) is 4.98 Å². The fourth-order valence-electron chi connectivity index (χ4n) is 3.72. The van der Waals surface area contributed by atoms with E-state index in [1.807, 2.05) is 6.20 Å². The Balaban J connectivity index is 1.86. The smallest absolute Gasteiger partial charge is 0.213 e. The van der Waals surface area contributed by atoms with Gasteiger partial charge < -0.3 is 0 Å². The third-order valence-electron chi connectivity index (χ3n) is 5.39. The Kier molecular flexibility index (Phi) is 4.27. The van der Waals surface area contributed by atoms with E-state index in [9.17, 15) is 0 Å². The fourth-order valence-corrected chi connectivity index (χ4v) is 3.72. The Morgan fingerprint density at radius 3 is 2.33 bits per heavy atom. The standard InChI is InChI=1S/C25H25N2/c1-16-6-9-24(26-14-16)21-8-7-20-13-25(27(5)15-22(20)12-21)23-11-17(2)10-18(3)19(23)4/h6-15H,1-5H3/q+1. The molecular formula is C25H25N2+. The van der Waals surface area contributed by atoms with Crippen molar-refractivity contribution < 1.29 is 4.57 Å². The SMILES string of the molecule is Cc1ccc(-c2ccc3cc(-c4cc(C)cc(C)c4C)[n+](C)cc3c2)nc1. The van der Waals surface area contributed by atoms with Gasteiger partial charge in [0.2, 0.25) is 5.69 Å². The van der Waals surface area contributed by atoms with E-state index >= 15 is 0 Å². The molecule has 0 fully saturated rings.